The van der Waals surface area contributed by atoms with Gasteiger partial charge in [0.25, 0.3) is 5.91 Å². The van der Waals surface area contributed by atoms with Crippen LogP contribution in [0, 0.1) is 11.8 Å². The van der Waals surface area contributed by atoms with E-state index in [0.717, 1.165) is 29.7 Å². The molecular formula is C15H19N3OS. The Morgan fingerprint density at radius 1 is 1.55 bits per heavy atom. The number of fused-ring (bicyclic) bond motifs is 1. The monoisotopic (exact) mass is 289 g/mol. The van der Waals surface area contributed by atoms with Crippen LogP contribution in [0.4, 0.5) is 5.69 Å². The van der Waals surface area contributed by atoms with Gasteiger partial charge in [0, 0.05) is 19.3 Å². The van der Waals surface area contributed by atoms with Gasteiger partial charge in [-0.2, -0.15) is 0 Å². The number of pyridine rings is 1. The molecule has 0 radical (unpaired) electrons. The summed E-state index contributed by atoms with van der Waals surface area (Å²) >= 11 is 1.45. The molecule has 0 bridgehead atoms. The van der Waals surface area contributed by atoms with Crippen molar-refractivity contribution in [2.75, 3.05) is 18.8 Å². The number of nitrogen functional groups attached to an aromatic ring is 1. The summed E-state index contributed by atoms with van der Waals surface area (Å²) in [6, 6.07) is 3.83. The third-order valence-corrected chi connectivity index (χ3v) is 5.28. The Hall–Kier alpha value is -1.62. The molecule has 0 saturated carbocycles. The summed E-state index contributed by atoms with van der Waals surface area (Å²) in [5.74, 6) is 1.29. The first-order valence-electron chi connectivity index (χ1n) is 7.00. The van der Waals surface area contributed by atoms with Crippen molar-refractivity contribution < 1.29 is 4.79 Å². The van der Waals surface area contributed by atoms with Crippen molar-refractivity contribution in [1.82, 2.24) is 9.88 Å². The number of aromatic nitrogens is 1. The van der Waals surface area contributed by atoms with Gasteiger partial charge in [-0.3, -0.25) is 9.78 Å². The smallest absolute Gasteiger partial charge is 0.266 e. The largest absolute Gasteiger partial charge is 0.396 e. The summed E-state index contributed by atoms with van der Waals surface area (Å²) in [7, 11) is 0. The maximum absolute atomic E-state index is 12.6. The van der Waals surface area contributed by atoms with Gasteiger partial charge in [-0.1, -0.05) is 13.8 Å². The molecule has 1 atom stereocenters. The second-order valence-corrected chi connectivity index (χ2v) is 6.79. The van der Waals surface area contributed by atoms with Crippen molar-refractivity contribution in [2.45, 2.75) is 20.3 Å². The fourth-order valence-electron chi connectivity index (χ4n) is 2.77. The highest BCUT2D eigenvalue weighted by Gasteiger charge is 2.30. The van der Waals surface area contributed by atoms with Gasteiger partial charge >= 0.3 is 0 Å². The molecule has 0 aliphatic carbocycles. The van der Waals surface area contributed by atoms with E-state index in [9.17, 15) is 4.79 Å². The Kier molecular flexibility index (Phi) is 3.38. The van der Waals surface area contributed by atoms with Gasteiger partial charge in [0.15, 0.2) is 0 Å². The van der Waals surface area contributed by atoms with Crippen LogP contribution in [0.3, 0.4) is 0 Å². The molecule has 1 amide bonds. The number of nitrogens with two attached hydrogens (primary N) is 1. The average Bonchev–Trinajstić information content (AvgIpc) is 3.04. The molecule has 106 valence electrons. The molecule has 0 aromatic carbocycles. The zero-order chi connectivity index (χ0) is 14.3. The van der Waals surface area contributed by atoms with Crippen molar-refractivity contribution >= 4 is 33.1 Å². The highest BCUT2D eigenvalue weighted by molar-refractivity contribution is 7.21. The molecule has 3 heterocycles. The molecule has 2 aromatic heterocycles. The van der Waals surface area contributed by atoms with E-state index in [-0.39, 0.29) is 5.91 Å². The van der Waals surface area contributed by atoms with E-state index < -0.39 is 0 Å². The topological polar surface area (TPSA) is 59.2 Å². The van der Waals surface area contributed by atoms with E-state index in [4.69, 9.17) is 5.73 Å². The zero-order valence-corrected chi connectivity index (χ0v) is 12.6. The summed E-state index contributed by atoms with van der Waals surface area (Å²) in [4.78, 5) is 19.5. The SMILES string of the molecule is CC(C)C1CCN(C(=O)c2sc3cccnc3c2N)C1. The van der Waals surface area contributed by atoms with Crippen molar-refractivity contribution in [2.24, 2.45) is 11.8 Å². The van der Waals surface area contributed by atoms with Gasteiger partial charge in [0.05, 0.1) is 10.4 Å². The summed E-state index contributed by atoms with van der Waals surface area (Å²) in [6.45, 7) is 6.12. The molecule has 1 saturated heterocycles. The molecular weight excluding hydrogens is 270 g/mol. The Balaban J connectivity index is 1.88. The van der Waals surface area contributed by atoms with Gasteiger partial charge in [-0.15, -0.1) is 11.3 Å². The van der Waals surface area contributed by atoms with Gasteiger partial charge in [0.1, 0.15) is 10.4 Å². The first-order valence-corrected chi connectivity index (χ1v) is 7.82. The maximum Gasteiger partial charge on any atom is 0.266 e. The second kappa shape index (κ2) is 5.05. The van der Waals surface area contributed by atoms with E-state index in [0.29, 0.717) is 22.4 Å². The van der Waals surface area contributed by atoms with E-state index in [1.807, 2.05) is 17.0 Å². The Morgan fingerprint density at radius 3 is 3.00 bits per heavy atom. The minimum absolute atomic E-state index is 0.0636. The molecule has 1 aliphatic heterocycles. The first-order chi connectivity index (χ1) is 9.58. The lowest BCUT2D eigenvalue weighted by Gasteiger charge is -2.17. The van der Waals surface area contributed by atoms with Crippen LogP contribution >= 0.6 is 11.3 Å². The molecule has 1 aliphatic rings. The Bertz CT molecular complexity index is 650. The van der Waals surface area contributed by atoms with Crippen molar-refractivity contribution in [3.05, 3.63) is 23.2 Å². The third-order valence-electron chi connectivity index (χ3n) is 4.13. The first kappa shape index (κ1) is 13.4. The average molecular weight is 289 g/mol. The Labute approximate surface area is 122 Å². The summed E-state index contributed by atoms with van der Waals surface area (Å²) < 4.78 is 0.980. The lowest BCUT2D eigenvalue weighted by atomic mass is 9.95. The Morgan fingerprint density at radius 2 is 2.35 bits per heavy atom. The fourth-order valence-corrected chi connectivity index (χ4v) is 3.81. The molecule has 5 heteroatoms. The molecule has 4 nitrogen and oxygen atoms in total. The molecule has 2 aromatic rings. The van der Waals surface area contributed by atoms with Gasteiger partial charge < -0.3 is 10.6 Å². The number of hydrogen-bond acceptors (Lipinski definition) is 4. The van der Waals surface area contributed by atoms with Crippen LogP contribution in [0.2, 0.25) is 0 Å². The zero-order valence-electron chi connectivity index (χ0n) is 11.8. The van der Waals surface area contributed by atoms with E-state index in [2.05, 4.69) is 18.8 Å². The van der Waals surface area contributed by atoms with Crippen LogP contribution in [-0.2, 0) is 0 Å². The van der Waals surface area contributed by atoms with Crippen LogP contribution in [0.25, 0.3) is 10.2 Å². The number of carbonyl (C=O) groups excluding carboxylic acids is 1. The van der Waals surface area contributed by atoms with Crippen LogP contribution in [0.5, 0.6) is 0 Å². The lowest BCUT2D eigenvalue weighted by Crippen LogP contribution is -2.29. The maximum atomic E-state index is 12.6. The number of nitrogens with zero attached hydrogens (tertiary/aromatic N) is 2. The molecule has 0 spiro atoms. The quantitative estimate of drug-likeness (QED) is 0.924. The second-order valence-electron chi connectivity index (χ2n) is 5.74. The standard InChI is InChI=1S/C15H19N3OS/c1-9(2)10-5-7-18(8-10)15(19)14-12(16)13-11(20-14)4-3-6-17-13/h3-4,6,9-10H,5,7-8,16H2,1-2H3. The number of rotatable bonds is 2. The highest BCUT2D eigenvalue weighted by atomic mass is 32.1. The molecule has 2 N–H and O–H groups in total. The van der Waals surface area contributed by atoms with Crippen LogP contribution in [0.1, 0.15) is 29.9 Å². The van der Waals surface area contributed by atoms with E-state index in [1.165, 1.54) is 11.3 Å². The summed E-state index contributed by atoms with van der Waals surface area (Å²) in [5, 5.41) is 0. The number of likely N-dealkylation sites (tertiary alicyclic amines) is 1. The lowest BCUT2D eigenvalue weighted by molar-refractivity contribution is 0.0790. The molecule has 1 fully saturated rings. The summed E-state index contributed by atoms with van der Waals surface area (Å²) in [5.41, 5.74) is 7.38. The number of anilines is 1. The van der Waals surface area contributed by atoms with Crippen LogP contribution in [-0.4, -0.2) is 28.9 Å². The van der Waals surface area contributed by atoms with E-state index >= 15 is 0 Å². The molecule has 1 unspecified atom stereocenters. The number of amides is 1. The fraction of sp³-hybridized carbons (Fsp3) is 0.467. The van der Waals surface area contributed by atoms with E-state index in [1.54, 1.807) is 6.20 Å². The predicted octanol–water partition coefficient (Wildman–Crippen LogP) is 3.00. The number of hydrogen-bond donors (Lipinski definition) is 1. The highest BCUT2D eigenvalue weighted by Crippen LogP contribution is 2.34. The van der Waals surface area contributed by atoms with Crippen LogP contribution < -0.4 is 5.73 Å². The molecule has 20 heavy (non-hydrogen) atoms. The predicted molar refractivity (Wildman–Crippen MR) is 82.9 cm³/mol. The minimum atomic E-state index is 0.0636. The number of thiophene rings is 1. The minimum Gasteiger partial charge on any atom is -0.396 e. The van der Waals surface area contributed by atoms with Crippen LogP contribution in [0.15, 0.2) is 18.3 Å². The van der Waals surface area contributed by atoms with Gasteiger partial charge in [-0.25, -0.2) is 0 Å². The number of carbonyl (C=O) groups is 1. The third kappa shape index (κ3) is 2.16. The summed E-state index contributed by atoms with van der Waals surface area (Å²) in [6.07, 6.45) is 2.80. The normalized spacial score (nSPS) is 19.1. The van der Waals surface area contributed by atoms with Crippen molar-refractivity contribution in [3.8, 4) is 0 Å². The van der Waals surface area contributed by atoms with Crippen molar-refractivity contribution in [1.29, 1.82) is 0 Å². The van der Waals surface area contributed by atoms with Gasteiger partial charge in [0.2, 0.25) is 0 Å². The van der Waals surface area contributed by atoms with Crippen molar-refractivity contribution in [3.63, 3.8) is 0 Å². The van der Waals surface area contributed by atoms with Gasteiger partial charge in [-0.05, 0) is 30.4 Å². The molecule has 3 rings (SSSR count).